The van der Waals surface area contributed by atoms with Gasteiger partial charge in [0, 0.05) is 25.5 Å². The molecule has 2 aromatic rings. The molecule has 0 bridgehead atoms. The minimum absolute atomic E-state index is 0.0328. The minimum atomic E-state index is -0.416. The van der Waals surface area contributed by atoms with Gasteiger partial charge in [0.15, 0.2) is 17.5 Å². The summed E-state index contributed by atoms with van der Waals surface area (Å²) >= 11 is 1.70. The fourth-order valence-electron chi connectivity index (χ4n) is 2.44. The number of halogens is 1. The average molecular weight is 407 g/mol. The highest BCUT2D eigenvalue weighted by Crippen LogP contribution is 2.21. The Morgan fingerprint density at radius 2 is 2.14 bits per heavy atom. The number of nitrogens with zero attached hydrogens (tertiary/aromatic N) is 2. The Labute approximate surface area is 169 Å². The van der Waals surface area contributed by atoms with Crippen molar-refractivity contribution in [3.8, 4) is 5.75 Å². The van der Waals surface area contributed by atoms with E-state index in [0.29, 0.717) is 12.5 Å². The van der Waals surface area contributed by atoms with Crippen molar-refractivity contribution in [3.63, 3.8) is 0 Å². The lowest BCUT2D eigenvalue weighted by molar-refractivity contribution is -0.127. The number of hydrogen-bond acceptors (Lipinski definition) is 4. The Morgan fingerprint density at radius 3 is 2.75 bits per heavy atom. The Kier molecular flexibility index (Phi) is 8.25. The largest absolute Gasteiger partial charge is 0.494 e. The van der Waals surface area contributed by atoms with Crippen LogP contribution in [0.1, 0.15) is 23.4 Å². The smallest absolute Gasteiger partial charge is 0.243 e. The molecule has 1 aromatic carbocycles. The second kappa shape index (κ2) is 10.7. The lowest BCUT2D eigenvalue weighted by atomic mass is 10.1. The molecule has 0 aliphatic rings. The third-order valence-corrected chi connectivity index (χ3v) is 5.08. The van der Waals surface area contributed by atoms with E-state index in [-0.39, 0.29) is 24.2 Å². The minimum Gasteiger partial charge on any atom is -0.494 e. The SMILES string of the molecule is COc1ccc(C(C)NC(=NCC(=O)N(C)C)NCCc2cccs2)cc1F. The number of thiophene rings is 1. The molecule has 28 heavy (non-hydrogen) atoms. The number of guanidine groups is 1. The zero-order chi connectivity index (χ0) is 20.5. The van der Waals surface area contributed by atoms with Crippen molar-refractivity contribution in [2.24, 2.45) is 4.99 Å². The molecule has 0 aliphatic heterocycles. The van der Waals surface area contributed by atoms with Gasteiger partial charge in [-0.15, -0.1) is 11.3 Å². The summed E-state index contributed by atoms with van der Waals surface area (Å²) in [4.78, 5) is 19.0. The highest BCUT2D eigenvalue weighted by Gasteiger charge is 2.12. The number of carbonyl (C=O) groups excluding carboxylic acids is 1. The number of nitrogens with one attached hydrogen (secondary N) is 2. The molecule has 1 amide bonds. The van der Waals surface area contributed by atoms with Gasteiger partial charge in [0.05, 0.1) is 13.2 Å². The van der Waals surface area contributed by atoms with Crippen LogP contribution in [0.25, 0.3) is 0 Å². The normalized spacial score (nSPS) is 12.4. The third kappa shape index (κ3) is 6.53. The summed E-state index contributed by atoms with van der Waals surface area (Å²) in [5, 5.41) is 8.52. The van der Waals surface area contributed by atoms with E-state index < -0.39 is 5.82 Å². The standard InChI is InChI=1S/C20H27FN4O2S/c1-14(15-7-8-18(27-4)17(21)12-15)24-20(23-13-19(26)25(2)3)22-10-9-16-6-5-11-28-16/h5-8,11-12,14H,9-10,13H2,1-4H3,(H2,22,23,24). The fraction of sp³-hybridized carbons (Fsp3) is 0.400. The first kappa shape index (κ1) is 21.7. The topological polar surface area (TPSA) is 66.0 Å². The Hall–Kier alpha value is -2.61. The lowest BCUT2D eigenvalue weighted by Gasteiger charge is -2.19. The van der Waals surface area contributed by atoms with Gasteiger partial charge in [-0.2, -0.15) is 0 Å². The van der Waals surface area contributed by atoms with E-state index in [1.165, 1.54) is 23.0 Å². The average Bonchev–Trinajstić information content (AvgIpc) is 3.18. The molecule has 0 aliphatic carbocycles. The van der Waals surface area contributed by atoms with Crippen molar-refractivity contribution < 1.29 is 13.9 Å². The van der Waals surface area contributed by atoms with Crippen LogP contribution in [-0.4, -0.2) is 51.1 Å². The Bertz CT molecular complexity index is 794. The molecule has 152 valence electrons. The van der Waals surface area contributed by atoms with Crippen molar-refractivity contribution in [3.05, 3.63) is 52.0 Å². The van der Waals surface area contributed by atoms with Crippen molar-refractivity contribution in [1.82, 2.24) is 15.5 Å². The summed E-state index contributed by atoms with van der Waals surface area (Å²) in [5.74, 6) is 0.203. The molecule has 2 N–H and O–H groups in total. The van der Waals surface area contributed by atoms with Gasteiger partial charge in [0.25, 0.3) is 0 Å². The second-order valence-electron chi connectivity index (χ2n) is 6.47. The second-order valence-corrected chi connectivity index (χ2v) is 7.50. The molecule has 1 aromatic heterocycles. The van der Waals surface area contributed by atoms with Gasteiger partial charge in [0.2, 0.25) is 5.91 Å². The maximum absolute atomic E-state index is 14.0. The first-order chi connectivity index (χ1) is 13.4. The van der Waals surface area contributed by atoms with Crippen LogP contribution in [0.15, 0.2) is 40.7 Å². The summed E-state index contributed by atoms with van der Waals surface area (Å²) in [6, 6.07) is 8.72. The Morgan fingerprint density at radius 1 is 1.36 bits per heavy atom. The van der Waals surface area contributed by atoms with E-state index in [0.717, 1.165) is 12.0 Å². The van der Waals surface area contributed by atoms with E-state index in [4.69, 9.17) is 4.74 Å². The molecular formula is C20H27FN4O2S. The molecule has 0 radical (unpaired) electrons. The van der Waals surface area contributed by atoms with E-state index in [1.54, 1.807) is 37.6 Å². The monoisotopic (exact) mass is 406 g/mol. The molecule has 0 saturated carbocycles. The predicted molar refractivity (Wildman–Crippen MR) is 112 cm³/mol. The first-order valence-corrected chi connectivity index (χ1v) is 9.89. The van der Waals surface area contributed by atoms with Gasteiger partial charge in [0.1, 0.15) is 6.54 Å². The molecule has 8 heteroatoms. The van der Waals surface area contributed by atoms with Crippen LogP contribution in [0.4, 0.5) is 4.39 Å². The maximum Gasteiger partial charge on any atom is 0.243 e. The van der Waals surface area contributed by atoms with Crippen LogP contribution in [0.2, 0.25) is 0 Å². The molecule has 0 fully saturated rings. The number of rotatable bonds is 8. The van der Waals surface area contributed by atoms with Crippen molar-refractivity contribution in [1.29, 1.82) is 0 Å². The van der Waals surface area contributed by atoms with Crippen LogP contribution in [0, 0.1) is 5.82 Å². The molecule has 1 unspecified atom stereocenters. The lowest BCUT2D eigenvalue weighted by Crippen LogP contribution is -2.40. The predicted octanol–water partition coefficient (Wildman–Crippen LogP) is 2.82. The zero-order valence-electron chi connectivity index (χ0n) is 16.7. The number of carbonyl (C=O) groups is 1. The number of ether oxygens (including phenoxy) is 1. The summed E-state index contributed by atoms with van der Waals surface area (Å²) < 4.78 is 19.0. The van der Waals surface area contributed by atoms with Gasteiger partial charge >= 0.3 is 0 Å². The van der Waals surface area contributed by atoms with E-state index in [1.807, 2.05) is 18.4 Å². The van der Waals surface area contributed by atoms with Gasteiger partial charge in [-0.1, -0.05) is 12.1 Å². The van der Waals surface area contributed by atoms with Crippen LogP contribution >= 0.6 is 11.3 Å². The van der Waals surface area contributed by atoms with Crippen molar-refractivity contribution in [2.75, 3.05) is 34.3 Å². The summed E-state index contributed by atoms with van der Waals surface area (Å²) in [6.45, 7) is 2.61. The maximum atomic E-state index is 14.0. The van der Waals surface area contributed by atoms with Gasteiger partial charge in [-0.25, -0.2) is 9.38 Å². The molecule has 2 rings (SSSR count). The number of aliphatic imine (C=N–C) groups is 1. The highest BCUT2D eigenvalue weighted by molar-refractivity contribution is 7.09. The zero-order valence-corrected chi connectivity index (χ0v) is 17.5. The molecule has 6 nitrogen and oxygen atoms in total. The summed E-state index contributed by atoms with van der Waals surface area (Å²) in [7, 11) is 4.82. The number of benzene rings is 1. The Balaban J connectivity index is 2.04. The first-order valence-electron chi connectivity index (χ1n) is 9.01. The van der Waals surface area contributed by atoms with E-state index in [2.05, 4.69) is 21.7 Å². The molecule has 1 atom stereocenters. The summed E-state index contributed by atoms with van der Waals surface area (Å²) in [5.41, 5.74) is 0.755. The van der Waals surface area contributed by atoms with Crippen LogP contribution in [0.5, 0.6) is 5.75 Å². The van der Waals surface area contributed by atoms with Crippen LogP contribution < -0.4 is 15.4 Å². The summed E-state index contributed by atoms with van der Waals surface area (Å²) in [6.07, 6.45) is 0.853. The van der Waals surface area contributed by atoms with Crippen LogP contribution in [0.3, 0.4) is 0 Å². The number of likely N-dealkylation sites (N-methyl/N-ethyl adjacent to an activating group) is 1. The van der Waals surface area contributed by atoms with E-state index >= 15 is 0 Å². The van der Waals surface area contributed by atoms with Crippen molar-refractivity contribution in [2.45, 2.75) is 19.4 Å². The number of hydrogen-bond donors (Lipinski definition) is 2. The van der Waals surface area contributed by atoms with Gasteiger partial charge < -0.3 is 20.3 Å². The van der Waals surface area contributed by atoms with Gasteiger partial charge in [-0.05, 0) is 42.5 Å². The number of amides is 1. The van der Waals surface area contributed by atoms with Gasteiger partial charge in [-0.3, -0.25) is 4.79 Å². The quantitative estimate of drug-likeness (QED) is 0.523. The highest BCUT2D eigenvalue weighted by atomic mass is 32.1. The molecule has 1 heterocycles. The third-order valence-electron chi connectivity index (χ3n) is 4.14. The van der Waals surface area contributed by atoms with E-state index in [9.17, 15) is 9.18 Å². The molecule has 0 saturated heterocycles. The molecular weight excluding hydrogens is 379 g/mol. The van der Waals surface area contributed by atoms with Crippen LogP contribution in [-0.2, 0) is 11.2 Å². The molecule has 0 spiro atoms. The fourth-order valence-corrected chi connectivity index (χ4v) is 3.15. The number of methoxy groups -OCH3 is 1. The van der Waals surface area contributed by atoms with Crippen molar-refractivity contribution >= 4 is 23.2 Å².